The summed E-state index contributed by atoms with van der Waals surface area (Å²) < 4.78 is 38.0. The number of piperidine rings is 1. The molecule has 1 saturated carbocycles. The van der Waals surface area contributed by atoms with E-state index in [9.17, 15) is 18.4 Å². The highest BCUT2D eigenvalue weighted by atomic mass is 19.1. The predicted molar refractivity (Wildman–Crippen MR) is 134 cm³/mol. The molecular formula is C27H36F2N4O4. The summed E-state index contributed by atoms with van der Waals surface area (Å²) in [6.45, 7) is 6.14. The Labute approximate surface area is 216 Å². The second-order valence-corrected chi connectivity index (χ2v) is 10.0. The highest BCUT2D eigenvalue weighted by Gasteiger charge is 2.38. The highest BCUT2D eigenvalue weighted by molar-refractivity contribution is 5.94. The molecule has 2 fully saturated rings. The van der Waals surface area contributed by atoms with E-state index in [4.69, 9.17) is 9.26 Å². The zero-order valence-corrected chi connectivity index (χ0v) is 21.5. The van der Waals surface area contributed by atoms with E-state index >= 15 is 0 Å². The number of benzene rings is 1. The van der Waals surface area contributed by atoms with Crippen molar-refractivity contribution in [2.75, 3.05) is 26.3 Å². The van der Waals surface area contributed by atoms with Gasteiger partial charge in [0.05, 0.1) is 18.1 Å². The van der Waals surface area contributed by atoms with Gasteiger partial charge >= 0.3 is 0 Å². The molecule has 10 heteroatoms. The first-order chi connectivity index (χ1) is 17.9. The third kappa shape index (κ3) is 6.93. The number of ether oxygens (including phenoxy) is 1. The van der Waals surface area contributed by atoms with Crippen LogP contribution in [0.3, 0.4) is 0 Å². The molecule has 2 heterocycles. The molecule has 1 aliphatic heterocycles. The quantitative estimate of drug-likeness (QED) is 0.523. The standard InChI is InChI=1S/C27H36F2N4O4/c1-3-36-16-17(2)30-26(34)21-15-33(19-7-5-4-6-8-19)12-11-23(21)31-27(35)24-14-25(37-32-24)20-10-9-18(28)13-22(20)29/h9-10,13-14,17,19,21,23H,3-8,11-12,15-16H2,1-2H3,(H,30,34)(H,31,35)/t17?,21-,23-/m1/s1. The molecule has 2 aliphatic rings. The topological polar surface area (TPSA) is 96.7 Å². The number of carbonyl (C=O) groups excluding carboxylic acids is 2. The van der Waals surface area contributed by atoms with Crippen molar-refractivity contribution in [2.24, 2.45) is 5.92 Å². The van der Waals surface area contributed by atoms with Gasteiger partial charge in [0.2, 0.25) is 5.91 Å². The minimum Gasteiger partial charge on any atom is -0.380 e. The molecule has 1 aliphatic carbocycles. The van der Waals surface area contributed by atoms with E-state index in [1.54, 1.807) is 0 Å². The maximum absolute atomic E-state index is 14.1. The van der Waals surface area contributed by atoms with Crippen LogP contribution in [-0.2, 0) is 9.53 Å². The predicted octanol–water partition coefficient (Wildman–Crippen LogP) is 3.91. The van der Waals surface area contributed by atoms with Crippen molar-refractivity contribution in [3.8, 4) is 11.3 Å². The third-order valence-electron chi connectivity index (χ3n) is 7.29. The fourth-order valence-corrected chi connectivity index (χ4v) is 5.32. The Bertz CT molecular complexity index is 1070. The molecule has 0 bridgehead atoms. The van der Waals surface area contributed by atoms with Crippen LogP contribution in [0.1, 0.15) is 62.9 Å². The van der Waals surface area contributed by atoms with E-state index in [0.717, 1.165) is 31.5 Å². The normalized spacial score (nSPS) is 21.9. The van der Waals surface area contributed by atoms with E-state index in [0.29, 0.717) is 32.2 Å². The van der Waals surface area contributed by atoms with Gasteiger partial charge < -0.3 is 19.9 Å². The number of hydrogen-bond acceptors (Lipinski definition) is 6. The van der Waals surface area contributed by atoms with Gasteiger partial charge in [0.25, 0.3) is 5.91 Å². The maximum atomic E-state index is 14.1. The van der Waals surface area contributed by atoms with Gasteiger partial charge in [-0.05, 0) is 45.2 Å². The Morgan fingerprint density at radius 2 is 1.97 bits per heavy atom. The number of likely N-dealkylation sites (tertiary alicyclic amines) is 1. The van der Waals surface area contributed by atoms with Crippen LogP contribution in [0.4, 0.5) is 8.78 Å². The van der Waals surface area contributed by atoms with Crippen molar-refractivity contribution in [3.05, 3.63) is 41.6 Å². The van der Waals surface area contributed by atoms with Crippen molar-refractivity contribution >= 4 is 11.8 Å². The van der Waals surface area contributed by atoms with Gasteiger partial charge in [0.15, 0.2) is 11.5 Å². The molecule has 3 atom stereocenters. The first-order valence-corrected chi connectivity index (χ1v) is 13.2. The molecule has 8 nitrogen and oxygen atoms in total. The first-order valence-electron chi connectivity index (χ1n) is 13.2. The van der Waals surface area contributed by atoms with Gasteiger partial charge in [0.1, 0.15) is 11.6 Å². The van der Waals surface area contributed by atoms with Crippen LogP contribution >= 0.6 is 0 Å². The van der Waals surface area contributed by atoms with E-state index in [1.165, 1.54) is 31.4 Å². The second-order valence-electron chi connectivity index (χ2n) is 10.0. The molecule has 0 radical (unpaired) electrons. The summed E-state index contributed by atoms with van der Waals surface area (Å²) in [5.74, 6) is -2.56. The number of carbonyl (C=O) groups is 2. The Hall–Kier alpha value is -2.85. The largest absolute Gasteiger partial charge is 0.380 e. The van der Waals surface area contributed by atoms with Crippen molar-refractivity contribution in [1.29, 1.82) is 0 Å². The summed E-state index contributed by atoms with van der Waals surface area (Å²) in [6, 6.07) is 4.32. The maximum Gasteiger partial charge on any atom is 0.273 e. The molecule has 2 N–H and O–H groups in total. The lowest BCUT2D eigenvalue weighted by atomic mass is 9.86. The molecule has 1 saturated heterocycles. The molecule has 1 unspecified atom stereocenters. The molecule has 37 heavy (non-hydrogen) atoms. The lowest BCUT2D eigenvalue weighted by molar-refractivity contribution is -0.129. The second kappa shape index (κ2) is 12.6. The summed E-state index contributed by atoms with van der Waals surface area (Å²) in [4.78, 5) is 28.8. The molecule has 202 valence electrons. The summed E-state index contributed by atoms with van der Waals surface area (Å²) in [7, 11) is 0. The Morgan fingerprint density at radius 1 is 1.19 bits per heavy atom. The molecular weight excluding hydrogens is 482 g/mol. The van der Waals surface area contributed by atoms with E-state index in [-0.39, 0.29) is 29.0 Å². The molecule has 1 aromatic carbocycles. The fourth-order valence-electron chi connectivity index (χ4n) is 5.32. The van der Waals surface area contributed by atoms with Crippen LogP contribution in [0.5, 0.6) is 0 Å². The van der Waals surface area contributed by atoms with E-state index in [1.807, 2.05) is 13.8 Å². The summed E-state index contributed by atoms with van der Waals surface area (Å²) >= 11 is 0. The number of nitrogens with zero attached hydrogens (tertiary/aromatic N) is 2. The summed E-state index contributed by atoms with van der Waals surface area (Å²) in [5.41, 5.74) is -0.0217. The average molecular weight is 519 g/mol. The van der Waals surface area contributed by atoms with E-state index in [2.05, 4.69) is 20.7 Å². The lowest BCUT2D eigenvalue weighted by Crippen LogP contribution is -2.58. The zero-order valence-electron chi connectivity index (χ0n) is 21.5. The Morgan fingerprint density at radius 3 is 2.70 bits per heavy atom. The number of aromatic nitrogens is 1. The minimum absolute atomic E-state index is 0.00859. The van der Waals surface area contributed by atoms with Gasteiger partial charge in [-0.2, -0.15) is 0 Å². The molecule has 0 spiro atoms. The lowest BCUT2D eigenvalue weighted by Gasteiger charge is -2.43. The first kappa shape index (κ1) is 27.2. The van der Waals surface area contributed by atoms with Gasteiger partial charge in [-0.3, -0.25) is 14.5 Å². The van der Waals surface area contributed by atoms with E-state index < -0.39 is 29.5 Å². The number of rotatable bonds is 9. The van der Waals surface area contributed by atoms with Crippen LogP contribution < -0.4 is 10.6 Å². The zero-order chi connectivity index (χ0) is 26.4. The smallest absolute Gasteiger partial charge is 0.273 e. The van der Waals surface area contributed by atoms with Gasteiger partial charge in [-0.1, -0.05) is 24.4 Å². The van der Waals surface area contributed by atoms with Crippen LogP contribution in [0, 0.1) is 17.6 Å². The van der Waals surface area contributed by atoms with Gasteiger partial charge in [-0.25, -0.2) is 8.78 Å². The third-order valence-corrected chi connectivity index (χ3v) is 7.29. The monoisotopic (exact) mass is 518 g/mol. The number of nitrogens with one attached hydrogen (secondary N) is 2. The SMILES string of the molecule is CCOCC(C)NC(=O)[C@@H]1CN(C2CCCCC2)CC[C@H]1NC(=O)c1cc(-c2ccc(F)cc2F)on1. The molecule has 4 rings (SSSR count). The van der Waals surface area contributed by atoms with Crippen molar-refractivity contribution in [3.63, 3.8) is 0 Å². The van der Waals surface area contributed by atoms with Gasteiger partial charge in [-0.15, -0.1) is 0 Å². The highest BCUT2D eigenvalue weighted by Crippen LogP contribution is 2.28. The van der Waals surface area contributed by atoms with Crippen LogP contribution in [0.25, 0.3) is 11.3 Å². The van der Waals surface area contributed by atoms with Crippen molar-refractivity contribution in [1.82, 2.24) is 20.7 Å². The van der Waals surface area contributed by atoms with Gasteiger partial charge in [0, 0.05) is 50.0 Å². The van der Waals surface area contributed by atoms with Crippen molar-refractivity contribution in [2.45, 2.75) is 70.5 Å². The number of amides is 2. The summed E-state index contributed by atoms with van der Waals surface area (Å²) in [5, 5.41) is 9.79. The molecule has 2 amide bonds. The van der Waals surface area contributed by atoms with Crippen LogP contribution in [-0.4, -0.2) is 66.3 Å². The van der Waals surface area contributed by atoms with Crippen LogP contribution in [0.15, 0.2) is 28.8 Å². The van der Waals surface area contributed by atoms with Crippen LogP contribution in [0.2, 0.25) is 0 Å². The summed E-state index contributed by atoms with van der Waals surface area (Å²) in [6.07, 6.45) is 6.54. The number of halogens is 2. The Kier molecular flexibility index (Phi) is 9.26. The average Bonchev–Trinajstić information content (AvgIpc) is 3.38. The Balaban J connectivity index is 1.46. The fraction of sp³-hybridized carbons (Fsp3) is 0.593. The van der Waals surface area contributed by atoms with Crippen molar-refractivity contribution < 1.29 is 27.6 Å². The number of hydrogen-bond donors (Lipinski definition) is 2. The minimum atomic E-state index is -0.809. The molecule has 1 aromatic heterocycles. The molecule has 2 aromatic rings.